The predicted octanol–water partition coefficient (Wildman–Crippen LogP) is 0.335. The van der Waals surface area contributed by atoms with Crippen molar-refractivity contribution < 1.29 is 14.4 Å². The Labute approximate surface area is 120 Å². The van der Waals surface area contributed by atoms with Crippen LogP contribution in [0.4, 0.5) is 0 Å². The summed E-state index contributed by atoms with van der Waals surface area (Å²) in [5, 5.41) is 2.64. The molecule has 0 bridgehead atoms. The van der Waals surface area contributed by atoms with E-state index in [1.165, 1.54) is 0 Å². The van der Waals surface area contributed by atoms with Gasteiger partial charge in [0.15, 0.2) is 5.78 Å². The summed E-state index contributed by atoms with van der Waals surface area (Å²) in [5.74, 6) is -0.915. The Morgan fingerprint density at radius 1 is 1.00 bits per heavy atom. The maximum Gasteiger partial charge on any atom is 0.237 e. The van der Waals surface area contributed by atoms with E-state index >= 15 is 0 Å². The van der Waals surface area contributed by atoms with E-state index in [0.717, 1.165) is 0 Å². The van der Waals surface area contributed by atoms with Gasteiger partial charge in [0.1, 0.15) is 0 Å². The van der Waals surface area contributed by atoms with Gasteiger partial charge in [-0.15, -0.1) is 0 Å². The molecular formula is C14H27N3O3. The quantitative estimate of drug-likeness (QED) is 0.529. The van der Waals surface area contributed by atoms with E-state index in [0.29, 0.717) is 18.8 Å². The van der Waals surface area contributed by atoms with Crippen molar-refractivity contribution in [2.45, 2.75) is 59.0 Å². The monoisotopic (exact) mass is 285 g/mol. The summed E-state index contributed by atoms with van der Waals surface area (Å²) >= 11 is 0. The smallest absolute Gasteiger partial charge is 0.237 e. The maximum atomic E-state index is 12.0. The van der Waals surface area contributed by atoms with Gasteiger partial charge in [-0.05, 0) is 24.7 Å². The molecule has 0 heterocycles. The molecule has 0 aromatic rings. The minimum atomic E-state index is -0.701. The van der Waals surface area contributed by atoms with Crippen molar-refractivity contribution in [2.24, 2.45) is 23.3 Å². The molecule has 6 heteroatoms. The van der Waals surface area contributed by atoms with Crippen LogP contribution in [0.1, 0.15) is 47.0 Å². The summed E-state index contributed by atoms with van der Waals surface area (Å²) in [6, 6.07) is -1.35. The average molecular weight is 285 g/mol. The molecule has 0 saturated carbocycles. The summed E-state index contributed by atoms with van der Waals surface area (Å²) in [7, 11) is 0. The van der Waals surface area contributed by atoms with E-state index in [2.05, 4.69) is 5.32 Å². The Hall–Kier alpha value is -1.43. The van der Waals surface area contributed by atoms with Crippen molar-refractivity contribution in [2.75, 3.05) is 0 Å². The molecule has 2 amide bonds. The average Bonchev–Trinajstić information content (AvgIpc) is 2.25. The molecule has 2 atom stereocenters. The summed E-state index contributed by atoms with van der Waals surface area (Å²) in [6.45, 7) is 7.81. The Morgan fingerprint density at radius 2 is 1.50 bits per heavy atom. The number of hydrogen-bond acceptors (Lipinski definition) is 4. The highest BCUT2D eigenvalue weighted by Crippen LogP contribution is 2.09. The van der Waals surface area contributed by atoms with Crippen LogP contribution in [0.5, 0.6) is 0 Å². The standard InChI is InChI=1S/C14H27N3O3/c1-8(2)5-10(15)14(20)17-11(6-9(3)4)12(18)7-13(16)19/h8-11H,5-7,15H2,1-4H3,(H2,16,19)(H,17,20)/t10-,11-/m0/s1. The summed E-state index contributed by atoms with van der Waals surface area (Å²) < 4.78 is 0. The second kappa shape index (κ2) is 8.68. The van der Waals surface area contributed by atoms with Crippen molar-refractivity contribution in [1.29, 1.82) is 0 Å². The van der Waals surface area contributed by atoms with Gasteiger partial charge in [0, 0.05) is 0 Å². The highest BCUT2D eigenvalue weighted by molar-refractivity contribution is 6.01. The molecule has 0 aliphatic rings. The third-order valence-corrected chi connectivity index (χ3v) is 2.82. The van der Waals surface area contributed by atoms with E-state index in [-0.39, 0.29) is 24.0 Å². The number of nitrogens with one attached hydrogen (secondary N) is 1. The number of ketones is 1. The van der Waals surface area contributed by atoms with Crippen LogP contribution >= 0.6 is 0 Å². The molecule has 0 radical (unpaired) electrons. The van der Waals surface area contributed by atoms with Crippen LogP contribution < -0.4 is 16.8 Å². The molecule has 0 saturated heterocycles. The fraction of sp³-hybridized carbons (Fsp3) is 0.786. The van der Waals surface area contributed by atoms with Gasteiger partial charge in [0.2, 0.25) is 11.8 Å². The van der Waals surface area contributed by atoms with Crippen LogP contribution in [0.3, 0.4) is 0 Å². The van der Waals surface area contributed by atoms with Gasteiger partial charge in [0.05, 0.1) is 18.5 Å². The van der Waals surface area contributed by atoms with Gasteiger partial charge in [-0.25, -0.2) is 0 Å². The normalized spacial score (nSPS) is 14.2. The largest absolute Gasteiger partial charge is 0.369 e. The Balaban J connectivity index is 4.67. The number of Topliss-reactive ketones (excluding diaryl/α,β-unsaturated/α-hetero) is 1. The number of rotatable bonds is 9. The van der Waals surface area contributed by atoms with E-state index in [1.807, 2.05) is 27.7 Å². The molecule has 0 aliphatic heterocycles. The molecule has 20 heavy (non-hydrogen) atoms. The summed E-state index contributed by atoms with van der Waals surface area (Å²) in [5.41, 5.74) is 10.8. The third-order valence-electron chi connectivity index (χ3n) is 2.82. The Morgan fingerprint density at radius 3 is 1.90 bits per heavy atom. The molecule has 0 unspecified atom stereocenters. The zero-order valence-corrected chi connectivity index (χ0v) is 12.8. The van der Waals surface area contributed by atoms with Crippen molar-refractivity contribution in [3.63, 3.8) is 0 Å². The number of carbonyl (C=O) groups excluding carboxylic acids is 3. The van der Waals surface area contributed by atoms with Crippen LogP contribution in [0.2, 0.25) is 0 Å². The SMILES string of the molecule is CC(C)C[C@H](NC(=O)[C@@H](N)CC(C)C)C(=O)CC(N)=O. The third kappa shape index (κ3) is 7.89. The highest BCUT2D eigenvalue weighted by atomic mass is 16.2. The molecule has 6 nitrogen and oxygen atoms in total. The van der Waals surface area contributed by atoms with Crippen molar-refractivity contribution >= 4 is 17.6 Å². The Bertz CT molecular complexity index is 354. The fourth-order valence-electron chi connectivity index (χ4n) is 1.93. The first kappa shape index (κ1) is 18.6. The molecule has 0 aliphatic carbocycles. The lowest BCUT2D eigenvalue weighted by atomic mass is 9.97. The number of hydrogen-bond donors (Lipinski definition) is 3. The Kier molecular flexibility index (Phi) is 8.06. The van der Waals surface area contributed by atoms with E-state index in [4.69, 9.17) is 11.5 Å². The van der Waals surface area contributed by atoms with Crippen LogP contribution in [-0.2, 0) is 14.4 Å². The van der Waals surface area contributed by atoms with Crippen molar-refractivity contribution in [1.82, 2.24) is 5.32 Å². The van der Waals surface area contributed by atoms with Gasteiger partial charge in [-0.2, -0.15) is 0 Å². The number of nitrogens with two attached hydrogens (primary N) is 2. The maximum absolute atomic E-state index is 12.0. The molecule has 0 spiro atoms. The van der Waals surface area contributed by atoms with E-state index in [1.54, 1.807) is 0 Å². The van der Waals surface area contributed by atoms with Crippen LogP contribution in [0.15, 0.2) is 0 Å². The van der Waals surface area contributed by atoms with Gasteiger partial charge >= 0.3 is 0 Å². The lowest BCUT2D eigenvalue weighted by Crippen LogP contribution is -2.49. The zero-order valence-electron chi connectivity index (χ0n) is 12.8. The second-order valence-corrected chi connectivity index (χ2v) is 6.04. The highest BCUT2D eigenvalue weighted by Gasteiger charge is 2.25. The van der Waals surface area contributed by atoms with Crippen molar-refractivity contribution in [3.8, 4) is 0 Å². The lowest BCUT2D eigenvalue weighted by molar-refractivity contribution is -0.132. The zero-order chi connectivity index (χ0) is 15.9. The predicted molar refractivity (Wildman–Crippen MR) is 77.6 cm³/mol. The van der Waals surface area contributed by atoms with Crippen LogP contribution in [0, 0.1) is 11.8 Å². The van der Waals surface area contributed by atoms with Crippen molar-refractivity contribution in [3.05, 3.63) is 0 Å². The summed E-state index contributed by atoms with van der Waals surface area (Å²) in [4.78, 5) is 34.7. The van der Waals surface area contributed by atoms with Crippen LogP contribution in [-0.4, -0.2) is 29.7 Å². The topological polar surface area (TPSA) is 115 Å². The van der Waals surface area contributed by atoms with Gasteiger partial charge in [-0.3, -0.25) is 14.4 Å². The lowest BCUT2D eigenvalue weighted by Gasteiger charge is -2.22. The molecular weight excluding hydrogens is 258 g/mol. The number of primary amides is 1. The molecule has 0 aromatic heterocycles. The summed E-state index contributed by atoms with van der Waals surface area (Å²) in [6.07, 6.45) is 0.646. The molecule has 0 aromatic carbocycles. The van der Waals surface area contributed by atoms with Gasteiger partial charge in [0.25, 0.3) is 0 Å². The first-order valence-electron chi connectivity index (χ1n) is 7.00. The molecule has 5 N–H and O–H groups in total. The second-order valence-electron chi connectivity index (χ2n) is 6.04. The minimum absolute atomic E-state index is 0.207. The molecule has 116 valence electrons. The number of carbonyl (C=O) groups is 3. The molecule has 0 fully saturated rings. The minimum Gasteiger partial charge on any atom is -0.369 e. The first-order chi connectivity index (χ1) is 9.13. The number of amides is 2. The van der Waals surface area contributed by atoms with Gasteiger partial charge < -0.3 is 16.8 Å². The van der Waals surface area contributed by atoms with Crippen LogP contribution in [0.25, 0.3) is 0 Å². The molecule has 0 rings (SSSR count). The fourth-order valence-corrected chi connectivity index (χ4v) is 1.93. The van der Waals surface area contributed by atoms with E-state index < -0.39 is 18.0 Å². The first-order valence-corrected chi connectivity index (χ1v) is 7.00. The van der Waals surface area contributed by atoms with Gasteiger partial charge in [-0.1, -0.05) is 27.7 Å². The van der Waals surface area contributed by atoms with E-state index in [9.17, 15) is 14.4 Å².